The second-order valence-corrected chi connectivity index (χ2v) is 3.74. The Labute approximate surface area is 91.3 Å². The quantitative estimate of drug-likeness (QED) is 0.807. The summed E-state index contributed by atoms with van der Waals surface area (Å²) in [6, 6.07) is 5.47. The van der Waals surface area contributed by atoms with E-state index >= 15 is 0 Å². The van der Waals surface area contributed by atoms with Gasteiger partial charge < -0.3 is 14.7 Å². The minimum Gasteiger partial charge on any atom is -0.504 e. The molecule has 0 saturated carbocycles. The first-order chi connectivity index (χ1) is 7.17. The molecule has 84 valence electrons. The van der Waals surface area contributed by atoms with Gasteiger partial charge in [0.05, 0.1) is 7.11 Å². The van der Waals surface area contributed by atoms with Gasteiger partial charge in [0.25, 0.3) is 0 Å². The van der Waals surface area contributed by atoms with E-state index < -0.39 is 0 Å². The minimum absolute atomic E-state index is 0.194. The van der Waals surface area contributed by atoms with E-state index in [-0.39, 0.29) is 5.75 Å². The molecule has 3 nitrogen and oxygen atoms in total. The second-order valence-electron chi connectivity index (χ2n) is 3.74. The van der Waals surface area contributed by atoms with Crippen LogP contribution in [0.15, 0.2) is 18.2 Å². The van der Waals surface area contributed by atoms with Gasteiger partial charge in [-0.1, -0.05) is 13.0 Å². The summed E-state index contributed by atoms with van der Waals surface area (Å²) in [4.78, 5) is 2.24. The van der Waals surface area contributed by atoms with Crippen LogP contribution in [0.4, 0.5) is 0 Å². The van der Waals surface area contributed by atoms with E-state index in [2.05, 4.69) is 18.9 Å². The molecular weight excluding hydrogens is 190 g/mol. The van der Waals surface area contributed by atoms with Crippen LogP contribution < -0.4 is 4.74 Å². The van der Waals surface area contributed by atoms with Crippen LogP contribution in [-0.2, 0) is 6.54 Å². The molecule has 0 aromatic heterocycles. The molecule has 0 aliphatic carbocycles. The van der Waals surface area contributed by atoms with Gasteiger partial charge in [0.1, 0.15) is 0 Å². The van der Waals surface area contributed by atoms with E-state index in [1.807, 2.05) is 12.1 Å². The van der Waals surface area contributed by atoms with Gasteiger partial charge >= 0.3 is 0 Å². The van der Waals surface area contributed by atoms with Crippen molar-refractivity contribution >= 4 is 0 Å². The molecule has 1 aromatic rings. The van der Waals surface area contributed by atoms with Crippen molar-refractivity contribution in [3.8, 4) is 11.5 Å². The Balaban J connectivity index is 2.69. The second kappa shape index (κ2) is 5.61. The molecule has 0 aliphatic heterocycles. The summed E-state index contributed by atoms with van der Waals surface area (Å²) in [7, 11) is 3.65. The number of hydrogen-bond acceptors (Lipinski definition) is 3. The fourth-order valence-corrected chi connectivity index (χ4v) is 1.59. The highest BCUT2D eigenvalue weighted by Crippen LogP contribution is 2.26. The summed E-state index contributed by atoms with van der Waals surface area (Å²) in [6.07, 6.45) is 1.14. The molecule has 1 N–H and O–H groups in total. The van der Waals surface area contributed by atoms with Crippen LogP contribution >= 0.6 is 0 Å². The van der Waals surface area contributed by atoms with Gasteiger partial charge in [-0.15, -0.1) is 0 Å². The lowest BCUT2D eigenvalue weighted by molar-refractivity contribution is 0.325. The fraction of sp³-hybridized carbons (Fsp3) is 0.500. The number of phenols is 1. The normalized spacial score (nSPS) is 10.7. The summed E-state index contributed by atoms with van der Waals surface area (Å²) in [5.41, 5.74) is 1.15. The van der Waals surface area contributed by atoms with Gasteiger partial charge in [-0.25, -0.2) is 0 Å². The number of benzene rings is 1. The summed E-state index contributed by atoms with van der Waals surface area (Å²) in [5, 5.41) is 9.43. The van der Waals surface area contributed by atoms with Gasteiger partial charge in [0.2, 0.25) is 0 Å². The molecule has 0 fully saturated rings. The third-order valence-electron chi connectivity index (χ3n) is 2.30. The predicted octanol–water partition coefficient (Wildman–Crippen LogP) is 2.24. The van der Waals surface area contributed by atoms with Gasteiger partial charge in [0, 0.05) is 6.54 Å². The highest BCUT2D eigenvalue weighted by atomic mass is 16.5. The van der Waals surface area contributed by atoms with Gasteiger partial charge in [-0.3, -0.25) is 0 Å². The van der Waals surface area contributed by atoms with Crippen molar-refractivity contribution in [1.82, 2.24) is 4.90 Å². The lowest BCUT2D eigenvalue weighted by Crippen LogP contribution is -2.18. The number of rotatable bonds is 5. The number of ether oxygens (including phenoxy) is 1. The van der Waals surface area contributed by atoms with Gasteiger partial charge in [-0.05, 0) is 37.7 Å². The molecule has 0 bridgehead atoms. The zero-order chi connectivity index (χ0) is 11.3. The molecule has 1 aromatic carbocycles. The minimum atomic E-state index is 0.194. The zero-order valence-corrected chi connectivity index (χ0v) is 9.66. The van der Waals surface area contributed by atoms with E-state index in [0.717, 1.165) is 25.1 Å². The molecule has 0 heterocycles. The van der Waals surface area contributed by atoms with E-state index in [0.29, 0.717) is 5.75 Å². The van der Waals surface area contributed by atoms with Crippen LogP contribution in [0.1, 0.15) is 18.9 Å². The highest BCUT2D eigenvalue weighted by molar-refractivity contribution is 5.41. The highest BCUT2D eigenvalue weighted by Gasteiger charge is 2.04. The summed E-state index contributed by atoms with van der Waals surface area (Å²) in [5.74, 6) is 0.733. The number of hydrogen-bond donors (Lipinski definition) is 1. The Bertz CT molecular complexity index is 312. The van der Waals surface area contributed by atoms with Crippen LogP contribution in [0.3, 0.4) is 0 Å². The smallest absolute Gasteiger partial charge is 0.160 e. The van der Waals surface area contributed by atoms with E-state index in [9.17, 15) is 5.11 Å². The summed E-state index contributed by atoms with van der Waals surface area (Å²) in [6.45, 7) is 4.11. The van der Waals surface area contributed by atoms with Crippen molar-refractivity contribution < 1.29 is 9.84 Å². The van der Waals surface area contributed by atoms with Crippen LogP contribution in [-0.4, -0.2) is 30.7 Å². The van der Waals surface area contributed by atoms with E-state index in [4.69, 9.17) is 4.74 Å². The van der Waals surface area contributed by atoms with E-state index in [1.54, 1.807) is 13.2 Å². The number of methoxy groups -OCH3 is 1. The summed E-state index contributed by atoms with van der Waals surface area (Å²) < 4.78 is 5.06. The monoisotopic (exact) mass is 209 g/mol. The van der Waals surface area contributed by atoms with Crippen molar-refractivity contribution in [3.05, 3.63) is 23.8 Å². The molecule has 0 spiro atoms. The lowest BCUT2D eigenvalue weighted by atomic mass is 10.2. The van der Waals surface area contributed by atoms with Gasteiger partial charge in [-0.2, -0.15) is 0 Å². The number of phenolic OH excluding ortho intramolecular Hbond substituents is 1. The maximum absolute atomic E-state index is 9.43. The maximum Gasteiger partial charge on any atom is 0.160 e. The standard InChI is InChI=1S/C12H19NO2/c1-4-7-13(2)9-10-5-6-11(14)12(8-10)15-3/h5-6,8,14H,4,7,9H2,1-3H3. The Kier molecular flexibility index (Phi) is 4.43. The molecule has 0 unspecified atom stereocenters. The van der Waals surface area contributed by atoms with Crippen molar-refractivity contribution in [2.24, 2.45) is 0 Å². The fourth-order valence-electron chi connectivity index (χ4n) is 1.59. The molecule has 0 aliphatic rings. The lowest BCUT2D eigenvalue weighted by Gasteiger charge is -2.16. The molecule has 1 rings (SSSR count). The van der Waals surface area contributed by atoms with Crippen molar-refractivity contribution in [3.63, 3.8) is 0 Å². The number of nitrogens with zero attached hydrogens (tertiary/aromatic N) is 1. The maximum atomic E-state index is 9.43. The summed E-state index contributed by atoms with van der Waals surface area (Å²) >= 11 is 0. The molecular formula is C12H19NO2. The molecule has 0 amide bonds. The first kappa shape index (κ1) is 11.9. The topological polar surface area (TPSA) is 32.7 Å². The van der Waals surface area contributed by atoms with Crippen LogP contribution in [0.5, 0.6) is 11.5 Å². The molecule has 3 heteroatoms. The van der Waals surface area contributed by atoms with Crippen molar-refractivity contribution in [2.45, 2.75) is 19.9 Å². The Morgan fingerprint density at radius 2 is 2.13 bits per heavy atom. The van der Waals surface area contributed by atoms with Crippen LogP contribution in [0.25, 0.3) is 0 Å². The number of aromatic hydroxyl groups is 1. The first-order valence-electron chi connectivity index (χ1n) is 5.21. The SMILES string of the molecule is CCCN(C)Cc1ccc(O)c(OC)c1. The Morgan fingerprint density at radius 1 is 1.40 bits per heavy atom. The molecule has 0 atom stereocenters. The average Bonchev–Trinajstić information content (AvgIpc) is 2.21. The van der Waals surface area contributed by atoms with E-state index in [1.165, 1.54) is 0 Å². The Morgan fingerprint density at radius 3 is 2.73 bits per heavy atom. The molecule has 0 saturated heterocycles. The Hall–Kier alpha value is -1.22. The van der Waals surface area contributed by atoms with Crippen molar-refractivity contribution in [1.29, 1.82) is 0 Å². The zero-order valence-electron chi connectivity index (χ0n) is 9.66. The third-order valence-corrected chi connectivity index (χ3v) is 2.30. The van der Waals surface area contributed by atoms with Crippen LogP contribution in [0, 0.1) is 0 Å². The van der Waals surface area contributed by atoms with Gasteiger partial charge in [0.15, 0.2) is 11.5 Å². The predicted molar refractivity (Wildman–Crippen MR) is 61.3 cm³/mol. The van der Waals surface area contributed by atoms with Crippen LogP contribution in [0.2, 0.25) is 0 Å². The molecule has 0 radical (unpaired) electrons. The third kappa shape index (κ3) is 3.44. The largest absolute Gasteiger partial charge is 0.504 e. The first-order valence-corrected chi connectivity index (χ1v) is 5.21. The van der Waals surface area contributed by atoms with Crippen molar-refractivity contribution in [2.75, 3.05) is 20.7 Å². The molecule has 15 heavy (non-hydrogen) atoms. The average molecular weight is 209 g/mol.